The molecule has 5 nitrogen and oxygen atoms in total. The number of carbonyl (C=O) groups is 2. The number of piperazine rings is 1. The van der Waals surface area contributed by atoms with E-state index in [9.17, 15) is 9.59 Å². The van der Waals surface area contributed by atoms with E-state index >= 15 is 0 Å². The molecule has 1 saturated heterocycles. The molecule has 2 heterocycles. The number of carbonyl (C=O) groups excluding carboxylic acids is 1. The highest BCUT2D eigenvalue weighted by atomic mass is 32.1. The van der Waals surface area contributed by atoms with Crippen LogP contribution in [0.1, 0.15) is 11.8 Å². The van der Waals surface area contributed by atoms with Gasteiger partial charge in [-0.15, -0.1) is 11.3 Å². The first kappa shape index (κ1) is 14.0. The number of rotatable bonds is 4. The third kappa shape index (κ3) is 3.54. The summed E-state index contributed by atoms with van der Waals surface area (Å²) < 4.78 is 0. The Morgan fingerprint density at radius 3 is 2.58 bits per heavy atom. The number of carboxylic acids is 1. The highest BCUT2D eigenvalue weighted by Gasteiger charge is 2.28. The summed E-state index contributed by atoms with van der Waals surface area (Å²) in [5, 5.41) is 10.9. The van der Waals surface area contributed by atoms with Crippen LogP contribution in [0, 0.1) is 5.92 Å². The van der Waals surface area contributed by atoms with Gasteiger partial charge in [0.2, 0.25) is 5.91 Å². The molecule has 1 atom stereocenters. The minimum atomic E-state index is -1.05. The average Bonchev–Trinajstić information content (AvgIpc) is 2.90. The van der Waals surface area contributed by atoms with Crippen LogP contribution in [-0.2, 0) is 16.1 Å². The van der Waals surface area contributed by atoms with Crippen molar-refractivity contribution in [1.29, 1.82) is 0 Å². The second-order valence-corrected chi connectivity index (χ2v) is 5.77. The molecular weight excluding hydrogens is 264 g/mol. The summed E-state index contributed by atoms with van der Waals surface area (Å²) >= 11 is 1.73. The van der Waals surface area contributed by atoms with Gasteiger partial charge in [0.25, 0.3) is 0 Å². The SMILES string of the molecule is CC(C(=O)O)C(=O)N1CCN(Cc2cccs2)CC1. The lowest BCUT2D eigenvalue weighted by Gasteiger charge is -2.35. The van der Waals surface area contributed by atoms with E-state index in [0.29, 0.717) is 13.1 Å². The number of amides is 1. The zero-order valence-electron chi connectivity index (χ0n) is 10.9. The molecule has 1 aromatic rings. The Kier molecular flexibility index (Phi) is 4.55. The molecule has 1 aliphatic heterocycles. The number of hydrogen-bond acceptors (Lipinski definition) is 4. The number of hydrogen-bond donors (Lipinski definition) is 1. The van der Waals surface area contributed by atoms with E-state index in [0.717, 1.165) is 19.6 Å². The first-order valence-electron chi connectivity index (χ1n) is 6.34. The van der Waals surface area contributed by atoms with Gasteiger partial charge in [-0.3, -0.25) is 14.5 Å². The van der Waals surface area contributed by atoms with E-state index in [-0.39, 0.29) is 5.91 Å². The van der Waals surface area contributed by atoms with E-state index in [1.807, 2.05) is 6.07 Å². The van der Waals surface area contributed by atoms with Gasteiger partial charge in [0, 0.05) is 37.6 Å². The lowest BCUT2D eigenvalue weighted by Crippen LogP contribution is -2.50. The summed E-state index contributed by atoms with van der Waals surface area (Å²) in [4.78, 5) is 28.0. The molecule has 0 spiro atoms. The molecule has 104 valence electrons. The van der Waals surface area contributed by atoms with E-state index in [4.69, 9.17) is 5.11 Å². The fourth-order valence-electron chi connectivity index (χ4n) is 2.13. The monoisotopic (exact) mass is 282 g/mol. The first-order valence-corrected chi connectivity index (χ1v) is 7.22. The summed E-state index contributed by atoms with van der Waals surface area (Å²) in [5.41, 5.74) is 0. The summed E-state index contributed by atoms with van der Waals surface area (Å²) in [5.74, 6) is -2.27. The molecule has 0 radical (unpaired) electrons. The summed E-state index contributed by atoms with van der Waals surface area (Å²) in [6.45, 7) is 5.19. The van der Waals surface area contributed by atoms with Crippen LogP contribution in [-0.4, -0.2) is 53.0 Å². The maximum Gasteiger partial charge on any atom is 0.315 e. The first-order chi connectivity index (χ1) is 9.08. The van der Waals surface area contributed by atoms with Gasteiger partial charge in [0.1, 0.15) is 5.92 Å². The van der Waals surface area contributed by atoms with Gasteiger partial charge in [-0.1, -0.05) is 6.07 Å². The second-order valence-electron chi connectivity index (χ2n) is 4.74. The van der Waals surface area contributed by atoms with Gasteiger partial charge < -0.3 is 10.0 Å². The van der Waals surface area contributed by atoms with Crippen molar-refractivity contribution in [3.05, 3.63) is 22.4 Å². The fraction of sp³-hybridized carbons (Fsp3) is 0.538. The van der Waals surface area contributed by atoms with Crippen LogP contribution in [0.4, 0.5) is 0 Å². The smallest absolute Gasteiger partial charge is 0.315 e. The van der Waals surface area contributed by atoms with Crippen LogP contribution >= 0.6 is 11.3 Å². The third-order valence-electron chi connectivity index (χ3n) is 3.38. The normalized spacial score (nSPS) is 18.3. The highest BCUT2D eigenvalue weighted by molar-refractivity contribution is 7.09. The Hall–Kier alpha value is -1.40. The van der Waals surface area contributed by atoms with E-state index < -0.39 is 11.9 Å². The summed E-state index contributed by atoms with van der Waals surface area (Å²) in [6.07, 6.45) is 0. The summed E-state index contributed by atoms with van der Waals surface area (Å²) in [6, 6.07) is 4.14. The molecule has 1 unspecified atom stereocenters. The molecule has 0 bridgehead atoms. The van der Waals surface area contributed by atoms with Crippen molar-refractivity contribution in [2.24, 2.45) is 5.92 Å². The van der Waals surface area contributed by atoms with Gasteiger partial charge in [0.05, 0.1) is 0 Å². The van der Waals surface area contributed by atoms with Crippen LogP contribution in [0.15, 0.2) is 17.5 Å². The van der Waals surface area contributed by atoms with Crippen molar-refractivity contribution in [2.75, 3.05) is 26.2 Å². The van der Waals surface area contributed by atoms with Gasteiger partial charge >= 0.3 is 5.97 Å². The molecule has 1 fully saturated rings. The van der Waals surface area contributed by atoms with E-state index in [1.165, 1.54) is 11.8 Å². The Labute approximate surface area is 116 Å². The molecule has 6 heteroatoms. The maximum absolute atomic E-state index is 11.9. The predicted octanol–water partition coefficient (Wildman–Crippen LogP) is 1.11. The zero-order chi connectivity index (χ0) is 13.8. The molecule has 0 aliphatic carbocycles. The lowest BCUT2D eigenvalue weighted by atomic mass is 10.1. The van der Waals surface area contributed by atoms with Crippen LogP contribution in [0.3, 0.4) is 0 Å². The van der Waals surface area contributed by atoms with Crippen LogP contribution in [0.25, 0.3) is 0 Å². The van der Waals surface area contributed by atoms with Gasteiger partial charge in [-0.2, -0.15) is 0 Å². The average molecular weight is 282 g/mol. The highest BCUT2D eigenvalue weighted by Crippen LogP contribution is 2.14. The van der Waals surface area contributed by atoms with Gasteiger partial charge in [0.15, 0.2) is 0 Å². The number of aliphatic carboxylic acids is 1. The molecule has 1 N–H and O–H groups in total. The molecule has 2 rings (SSSR count). The summed E-state index contributed by atoms with van der Waals surface area (Å²) in [7, 11) is 0. The fourth-order valence-corrected chi connectivity index (χ4v) is 2.87. The standard InChI is InChI=1S/C13H18N2O3S/c1-10(13(17)18)12(16)15-6-4-14(5-7-15)9-11-3-2-8-19-11/h2-3,8,10H,4-7,9H2,1H3,(H,17,18). The van der Waals surface area contributed by atoms with Crippen molar-refractivity contribution in [2.45, 2.75) is 13.5 Å². The Morgan fingerprint density at radius 2 is 2.05 bits per heavy atom. The Bertz CT molecular complexity index is 439. The van der Waals surface area contributed by atoms with Gasteiger partial charge in [-0.05, 0) is 18.4 Å². The minimum Gasteiger partial charge on any atom is -0.481 e. The molecule has 0 aromatic carbocycles. The van der Waals surface area contributed by atoms with Crippen molar-refractivity contribution in [1.82, 2.24) is 9.80 Å². The molecule has 1 aromatic heterocycles. The topological polar surface area (TPSA) is 60.9 Å². The van der Waals surface area contributed by atoms with Crippen molar-refractivity contribution < 1.29 is 14.7 Å². The van der Waals surface area contributed by atoms with E-state index in [2.05, 4.69) is 16.3 Å². The number of nitrogens with zero attached hydrogens (tertiary/aromatic N) is 2. The van der Waals surface area contributed by atoms with E-state index in [1.54, 1.807) is 16.2 Å². The molecule has 0 saturated carbocycles. The van der Waals surface area contributed by atoms with Crippen LogP contribution in [0.2, 0.25) is 0 Å². The quantitative estimate of drug-likeness (QED) is 0.841. The Morgan fingerprint density at radius 1 is 1.37 bits per heavy atom. The Balaban J connectivity index is 1.82. The van der Waals surface area contributed by atoms with Crippen molar-refractivity contribution in [3.8, 4) is 0 Å². The lowest BCUT2D eigenvalue weighted by molar-refractivity contribution is -0.151. The predicted molar refractivity (Wildman–Crippen MR) is 73.0 cm³/mol. The zero-order valence-corrected chi connectivity index (χ0v) is 11.7. The number of carboxylic acid groups (broad SMARTS) is 1. The van der Waals surface area contributed by atoms with Crippen molar-refractivity contribution >= 4 is 23.2 Å². The molecule has 19 heavy (non-hydrogen) atoms. The number of thiophene rings is 1. The minimum absolute atomic E-state index is 0.275. The van der Waals surface area contributed by atoms with Crippen LogP contribution in [0.5, 0.6) is 0 Å². The molecule has 1 amide bonds. The largest absolute Gasteiger partial charge is 0.481 e. The maximum atomic E-state index is 11.9. The van der Waals surface area contributed by atoms with Gasteiger partial charge in [-0.25, -0.2) is 0 Å². The molecular formula is C13H18N2O3S. The second kappa shape index (κ2) is 6.16. The molecule has 1 aliphatic rings. The van der Waals surface area contributed by atoms with Crippen molar-refractivity contribution in [3.63, 3.8) is 0 Å². The van der Waals surface area contributed by atoms with Crippen LogP contribution < -0.4 is 0 Å². The third-order valence-corrected chi connectivity index (χ3v) is 4.25.